The Bertz CT molecular complexity index is 934. The van der Waals surface area contributed by atoms with Crippen LogP contribution in [0.15, 0.2) is 46.9 Å². The molecule has 2 heterocycles. The van der Waals surface area contributed by atoms with Gasteiger partial charge in [-0.3, -0.25) is 0 Å². The molecule has 2 aromatic heterocycles. The van der Waals surface area contributed by atoms with E-state index in [1.54, 1.807) is 0 Å². The second kappa shape index (κ2) is 3.58. The molecule has 0 unspecified atom stereocenters. The average Bonchev–Trinajstić information content (AvgIpc) is 2.78. The minimum absolute atomic E-state index is 0.891. The first-order chi connectivity index (χ1) is 9.24. The molecule has 2 heteroatoms. The minimum Gasteiger partial charge on any atom is -0.454 e. The van der Waals surface area contributed by atoms with Crippen molar-refractivity contribution in [2.24, 2.45) is 0 Å². The Morgan fingerprint density at radius 3 is 2.53 bits per heavy atom. The van der Waals surface area contributed by atoms with Crippen LogP contribution in [0.2, 0.25) is 0 Å². The molecule has 0 aliphatic carbocycles. The van der Waals surface area contributed by atoms with E-state index >= 15 is 0 Å². The molecule has 2 nitrogen and oxygen atoms in total. The Hall–Kier alpha value is -2.35. The first kappa shape index (κ1) is 10.6. The van der Waals surface area contributed by atoms with Crippen molar-refractivity contribution in [3.63, 3.8) is 0 Å². The minimum atomic E-state index is 0.891. The van der Waals surface area contributed by atoms with Crippen molar-refractivity contribution in [2.45, 2.75) is 13.8 Å². The van der Waals surface area contributed by atoms with Crippen LogP contribution in [-0.4, -0.2) is 4.98 Å². The monoisotopic (exact) mass is 247 g/mol. The van der Waals surface area contributed by atoms with E-state index in [0.29, 0.717) is 0 Å². The summed E-state index contributed by atoms with van der Waals surface area (Å²) in [6.07, 6.45) is 0. The van der Waals surface area contributed by atoms with Crippen LogP contribution < -0.4 is 0 Å². The highest BCUT2D eigenvalue weighted by Crippen LogP contribution is 2.33. The van der Waals surface area contributed by atoms with Crippen LogP contribution in [0.25, 0.3) is 32.8 Å². The molecule has 0 radical (unpaired) electrons. The van der Waals surface area contributed by atoms with Crippen molar-refractivity contribution in [2.75, 3.05) is 0 Å². The third-order valence-corrected chi connectivity index (χ3v) is 3.66. The van der Waals surface area contributed by atoms with E-state index in [2.05, 4.69) is 38.1 Å². The molecular formula is C17H13NO. The van der Waals surface area contributed by atoms with Gasteiger partial charge >= 0.3 is 0 Å². The lowest BCUT2D eigenvalue weighted by atomic mass is 10.1. The maximum Gasteiger partial charge on any atom is 0.161 e. The van der Waals surface area contributed by atoms with Crippen molar-refractivity contribution < 1.29 is 4.42 Å². The van der Waals surface area contributed by atoms with Gasteiger partial charge in [0.1, 0.15) is 11.1 Å². The topological polar surface area (TPSA) is 26.0 Å². The zero-order valence-electron chi connectivity index (χ0n) is 10.9. The first-order valence-electron chi connectivity index (χ1n) is 6.42. The van der Waals surface area contributed by atoms with Gasteiger partial charge in [0, 0.05) is 21.9 Å². The number of benzene rings is 2. The fourth-order valence-electron chi connectivity index (χ4n) is 2.72. The molecule has 0 aliphatic rings. The van der Waals surface area contributed by atoms with Gasteiger partial charge in [0.2, 0.25) is 0 Å². The van der Waals surface area contributed by atoms with E-state index in [1.807, 2.05) is 18.2 Å². The standard InChI is InChI=1S/C17H13NO/c1-10-7-8-15-14(9-10)16-17(19-15)13-6-4-3-5-12(13)11(2)18-16/h3-9H,1-2H3. The maximum absolute atomic E-state index is 6.01. The van der Waals surface area contributed by atoms with Gasteiger partial charge in [-0.15, -0.1) is 0 Å². The molecule has 0 aliphatic heterocycles. The van der Waals surface area contributed by atoms with Crippen molar-refractivity contribution in [1.82, 2.24) is 4.98 Å². The van der Waals surface area contributed by atoms with Crippen molar-refractivity contribution in [1.29, 1.82) is 0 Å². The molecule has 0 saturated heterocycles. The Morgan fingerprint density at radius 2 is 1.68 bits per heavy atom. The summed E-state index contributed by atoms with van der Waals surface area (Å²) in [5.41, 5.74) is 5.04. The summed E-state index contributed by atoms with van der Waals surface area (Å²) in [6.45, 7) is 4.14. The van der Waals surface area contributed by atoms with Crippen LogP contribution in [0.5, 0.6) is 0 Å². The van der Waals surface area contributed by atoms with Gasteiger partial charge in [0.15, 0.2) is 5.58 Å². The van der Waals surface area contributed by atoms with Crippen molar-refractivity contribution in [3.05, 3.63) is 53.7 Å². The Kier molecular flexibility index (Phi) is 1.99. The summed E-state index contributed by atoms with van der Waals surface area (Å²) >= 11 is 0. The van der Waals surface area contributed by atoms with Gasteiger partial charge in [-0.25, -0.2) is 4.98 Å². The van der Waals surface area contributed by atoms with Crippen LogP contribution >= 0.6 is 0 Å². The van der Waals surface area contributed by atoms with E-state index in [9.17, 15) is 0 Å². The summed E-state index contributed by atoms with van der Waals surface area (Å²) in [4.78, 5) is 4.74. The zero-order valence-corrected chi connectivity index (χ0v) is 10.9. The molecule has 2 aromatic carbocycles. The summed E-state index contributed by atoms with van der Waals surface area (Å²) in [5, 5.41) is 3.40. The van der Waals surface area contributed by atoms with E-state index < -0.39 is 0 Å². The van der Waals surface area contributed by atoms with Crippen LogP contribution in [0, 0.1) is 13.8 Å². The van der Waals surface area contributed by atoms with Gasteiger partial charge in [-0.2, -0.15) is 0 Å². The van der Waals surface area contributed by atoms with E-state index in [1.165, 1.54) is 5.56 Å². The molecule has 0 bridgehead atoms. The summed E-state index contributed by atoms with van der Waals surface area (Å²) in [7, 11) is 0. The van der Waals surface area contributed by atoms with E-state index in [4.69, 9.17) is 9.40 Å². The van der Waals surface area contributed by atoms with Crippen LogP contribution in [0.4, 0.5) is 0 Å². The van der Waals surface area contributed by atoms with Gasteiger partial charge in [0.05, 0.1) is 0 Å². The van der Waals surface area contributed by atoms with Crippen molar-refractivity contribution >= 4 is 32.8 Å². The van der Waals surface area contributed by atoms with E-state index in [-0.39, 0.29) is 0 Å². The number of fused-ring (bicyclic) bond motifs is 5. The van der Waals surface area contributed by atoms with Gasteiger partial charge in [-0.05, 0) is 26.0 Å². The molecule has 19 heavy (non-hydrogen) atoms. The number of aryl methyl sites for hydroxylation is 2. The normalized spacial score (nSPS) is 11.7. The molecule has 0 saturated carbocycles. The molecule has 0 spiro atoms. The largest absolute Gasteiger partial charge is 0.454 e. The van der Waals surface area contributed by atoms with Crippen LogP contribution in [0.3, 0.4) is 0 Å². The molecule has 0 fully saturated rings. The summed E-state index contributed by atoms with van der Waals surface area (Å²) in [6, 6.07) is 14.5. The number of hydrogen-bond acceptors (Lipinski definition) is 2. The Morgan fingerprint density at radius 1 is 0.895 bits per heavy atom. The SMILES string of the molecule is Cc1ccc2oc3c4ccccc4c(C)nc3c2c1. The fourth-order valence-corrected chi connectivity index (χ4v) is 2.72. The third-order valence-electron chi connectivity index (χ3n) is 3.66. The number of pyridine rings is 1. The number of nitrogens with zero attached hydrogens (tertiary/aromatic N) is 1. The lowest BCUT2D eigenvalue weighted by Gasteiger charge is -2.01. The second-order valence-corrected chi connectivity index (χ2v) is 5.02. The third kappa shape index (κ3) is 1.40. The predicted molar refractivity (Wildman–Crippen MR) is 78.5 cm³/mol. The number of furan rings is 1. The average molecular weight is 247 g/mol. The highest BCUT2D eigenvalue weighted by Gasteiger charge is 2.13. The fraction of sp³-hybridized carbons (Fsp3) is 0.118. The molecule has 4 rings (SSSR count). The molecule has 92 valence electrons. The molecule has 0 amide bonds. The molecule has 0 N–H and O–H groups in total. The van der Waals surface area contributed by atoms with Crippen molar-refractivity contribution in [3.8, 4) is 0 Å². The number of hydrogen-bond donors (Lipinski definition) is 0. The second-order valence-electron chi connectivity index (χ2n) is 5.02. The maximum atomic E-state index is 6.01. The molecular weight excluding hydrogens is 234 g/mol. The summed E-state index contributed by atoms with van der Waals surface area (Å²) < 4.78 is 6.01. The van der Waals surface area contributed by atoms with Crippen LogP contribution in [0.1, 0.15) is 11.3 Å². The Balaban J connectivity index is 2.32. The van der Waals surface area contributed by atoms with E-state index in [0.717, 1.165) is 38.5 Å². The molecule has 4 aromatic rings. The number of aromatic nitrogens is 1. The van der Waals surface area contributed by atoms with Gasteiger partial charge in [0.25, 0.3) is 0 Å². The first-order valence-corrected chi connectivity index (χ1v) is 6.42. The number of rotatable bonds is 0. The van der Waals surface area contributed by atoms with Crippen LogP contribution in [-0.2, 0) is 0 Å². The van der Waals surface area contributed by atoms with Gasteiger partial charge in [-0.1, -0.05) is 35.9 Å². The quantitative estimate of drug-likeness (QED) is 0.448. The summed E-state index contributed by atoms with van der Waals surface area (Å²) in [5.74, 6) is 0. The van der Waals surface area contributed by atoms with Gasteiger partial charge < -0.3 is 4.42 Å². The highest BCUT2D eigenvalue weighted by atomic mass is 16.3. The smallest absolute Gasteiger partial charge is 0.161 e. The lowest BCUT2D eigenvalue weighted by molar-refractivity contribution is 0.672. The zero-order chi connectivity index (χ0) is 13.0. The highest BCUT2D eigenvalue weighted by molar-refractivity contribution is 6.13. The Labute approximate surface area is 110 Å². The predicted octanol–water partition coefficient (Wildman–Crippen LogP) is 4.75. The lowest BCUT2D eigenvalue weighted by Crippen LogP contribution is -1.85. The molecule has 0 atom stereocenters.